The van der Waals surface area contributed by atoms with Crippen LogP contribution in [0.5, 0.6) is 0 Å². The average molecular weight is 236 g/mol. The van der Waals surface area contributed by atoms with Gasteiger partial charge in [0.2, 0.25) is 0 Å². The minimum atomic E-state index is -0.154. The number of nitrogens with zero attached hydrogens (tertiary/aromatic N) is 1. The zero-order valence-corrected chi connectivity index (χ0v) is 10.6. The maximum Gasteiger partial charge on any atom is 0.125 e. The molecule has 0 aromatic heterocycles. The van der Waals surface area contributed by atoms with Crippen molar-refractivity contribution >= 4 is 5.69 Å². The van der Waals surface area contributed by atoms with Crippen molar-refractivity contribution in [3.63, 3.8) is 0 Å². The van der Waals surface area contributed by atoms with Gasteiger partial charge in [-0.15, -0.1) is 0 Å². The Labute approximate surface area is 103 Å². The highest BCUT2D eigenvalue weighted by molar-refractivity contribution is 5.46. The van der Waals surface area contributed by atoms with Gasteiger partial charge in [-0.1, -0.05) is 13.0 Å². The van der Waals surface area contributed by atoms with Gasteiger partial charge in [0.15, 0.2) is 0 Å². The Morgan fingerprint density at radius 2 is 2.24 bits per heavy atom. The van der Waals surface area contributed by atoms with Gasteiger partial charge in [0.1, 0.15) is 5.82 Å². The first kappa shape index (κ1) is 12.4. The number of anilines is 1. The summed E-state index contributed by atoms with van der Waals surface area (Å²) in [4.78, 5) is 2.26. The molecule has 2 unspecified atom stereocenters. The first-order chi connectivity index (χ1) is 8.20. The monoisotopic (exact) mass is 236 g/mol. The van der Waals surface area contributed by atoms with Crippen LogP contribution in [0.3, 0.4) is 0 Å². The zero-order chi connectivity index (χ0) is 12.3. The van der Waals surface area contributed by atoms with Gasteiger partial charge in [-0.05, 0) is 50.0 Å². The van der Waals surface area contributed by atoms with Crippen molar-refractivity contribution in [1.82, 2.24) is 5.32 Å². The fourth-order valence-corrected chi connectivity index (χ4v) is 2.48. The molecule has 17 heavy (non-hydrogen) atoms. The number of benzene rings is 1. The van der Waals surface area contributed by atoms with Crippen LogP contribution < -0.4 is 10.2 Å². The number of hydrogen-bond acceptors (Lipinski definition) is 2. The second-order valence-corrected chi connectivity index (χ2v) is 4.91. The average Bonchev–Trinajstić information content (AvgIpc) is 2.71. The summed E-state index contributed by atoms with van der Waals surface area (Å²) in [7, 11) is 0. The molecule has 1 aliphatic rings. The third-order valence-corrected chi connectivity index (χ3v) is 3.69. The summed E-state index contributed by atoms with van der Waals surface area (Å²) in [5.74, 6) is 1.22. The summed E-state index contributed by atoms with van der Waals surface area (Å²) in [6, 6.07) is 6.89. The van der Waals surface area contributed by atoms with Crippen LogP contribution in [0, 0.1) is 17.7 Å². The molecule has 1 aromatic rings. The molecule has 0 bridgehead atoms. The van der Waals surface area contributed by atoms with Crippen LogP contribution in [-0.2, 0) is 0 Å². The van der Waals surface area contributed by atoms with Crippen LogP contribution in [0.15, 0.2) is 24.3 Å². The predicted molar refractivity (Wildman–Crippen MR) is 69.8 cm³/mol. The third kappa shape index (κ3) is 2.97. The fraction of sp³-hybridized carbons (Fsp3) is 0.571. The standard InChI is InChI=1S/C14H21FN2/c1-3-17(10-12-9-16-8-11(12)2)14-6-4-5-13(15)7-14/h4-7,11-12,16H,3,8-10H2,1-2H3. The van der Waals surface area contributed by atoms with E-state index in [4.69, 9.17) is 0 Å². The van der Waals surface area contributed by atoms with Gasteiger partial charge < -0.3 is 10.2 Å². The van der Waals surface area contributed by atoms with Crippen LogP contribution in [0.25, 0.3) is 0 Å². The minimum Gasteiger partial charge on any atom is -0.371 e. The first-order valence-corrected chi connectivity index (χ1v) is 6.42. The zero-order valence-electron chi connectivity index (χ0n) is 10.6. The van der Waals surface area contributed by atoms with Crippen LogP contribution in [-0.4, -0.2) is 26.2 Å². The molecule has 2 rings (SSSR count). The summed E-state index contributed by atoms with van der Waals surface area (Å²) < 4.78 is 13.2. The van der Waals surface area contributed by atoms with E-state index in [1.54, 1.807) is 12.1 Å². The van der Waals surface area contributed by atoms with Gasteiger partial charge in [-0.2, -0.15) is 0 Å². The van der Waals surface area contributed by atoms with Gasteiger partial charge in [-0.25, -0.2) is 4.39 Å². The van der Waals surface area contributed by atoms with E-state index < -0.39 is 0 Å². The van der Waals surface area contributed by atoms with Crippen molar-refractivity contribution < 1.29 is 4.39 Å². The summed E-state index contributed by atoms with van der Waals surface area (Å²) in [5, 5.41) is 3.41. The molecule has 1 heterocycles. The molecule has 1 aromatic carbocycles. The van der Waals surface area contributed by atoms with Crippen LogP contribution in [0.4, 0.5) is 10.1 Å². The van der Waals surface area contributed by atoms with Crippen molar-refractivity contribution in [2.75, 3.05) is 31.1 Å². The van der Waals surface area contributed by atoms with Gasteiger partial charge in [0, 0.05) is 18.8 Å². The van der Waals surface area contributed by atoms with E-state index in [0.29, 0.717) is 11.8 Å². The molecule has 0 amide bonds. The summed E-state index contributed by atoms with van der Waals surface area (Å²) in [6.45, 7) is 8.52. The number of nitrogens with one attached hydrogen (secondary N) is 1. The fourth-order valence-electron chi connectivity index (χ4n) is 2.48. The van der Waals surface area contributed by atoms with E-state index in [1.807, 2.05) is 6.07 Å². The summed E-state index contributed by atoms with van der Waals surface area (Å²) in [5.41, 5.74) is 0.992. The van der Waals surface area contributed by atoms with Crippen molar-refractivity contribution in [1.29, 1.82) is 0 Å². The molecular weight excluding hydrogens is 215 g/mol. The second-order valence-electron chi connectivity index (χ2n) is 4.91. The molecular formula is C14H21FN2. The molecule has 2 nitrogen and oxygen atoms in total. The lowest BCUT2D eigenvalue weighted by molar-refractivity contribution is 0.449. The van der Waals surface area contributed by atoms with Crippen LogP contribution >= 0.6 is 0 Å². The highest BCUT2D eigenvalue weighted by Gasteiger charge is 2.24. The van der Waals surface area contributed by atoms with E-state index in [9.17, 15) is 4.39 Å². The molecule has 1 fully saturated rings. The number of rotatable bonds is 4. The van der Waals surface area contributed by atoms with Gasteiger partial charge in [-0.3, -0.25) is 0 Å². The normalized spacial score (nSPS) is 23.9. The lowest BCUT2D eigenvalue weighted by Crippen LogP contribution is -2.32. The molecule has 0 aliphatic carbocycles. The molecule has 1 N–H and O–H groups in total. The Bertz CT molecular complexity index is 367. The van der Waals surface area contributed by atoms with Crippen molar-refractivity contribution in [2.45, 2.75) is 13.8 Å². The van der Waals surface area contributed by atoms with Crippen molar-refractivity contribution in [3.8, 4) is 0 Å². The van der Waals surface area contributed by atoms with E-state index in [0.717, 1.165) is 31.9 Å². The summed E-state index contributed by atoms with van der Waals surface area (Å²) >= 11 is 0. The first-order valence-electron chi connectivity index (χ1n) is 6.42. The maximum atomic E-state index is 13.2. The lowest BCUT2D eigenvalue weighted by atomic mass is 9.97. The molecule has 3 heteroatoms. The van der Waals surface area contributed by atoms with E-state index in [-0.39, 0.29) is 5.82 Å². The van der Waals surface area contributed by atoms with E-state index in [1.165, 1.54) is 6.07 Å². The van der Waals surface area contributed by atoms with Gasteiger partial charge in [0.05, 0.1) is 0 Å². The van der Waals surface area contributed by atoms with Crippen LogP contribution in [0.2, 0.25) is 0 Å². The second kappa shape index (κ2) is 5.50. The molecule has 0 radical (unpaired) electrons. The Kier molecular flexibility index (Phi) is 4.00. The van der Waals surface area contributed by atoms with E-state index in [2.05, 4.69) is 24.1 Å². The number of hydrogen-bond donors (Lipinski definition) is 1. The van der Waals surface area contributed by atoms with Crippen molar-refractivity contribution in [3.05, 3.63) is 30.1 Å². The Hall–Kier alpha value is -1.09. The number of halogens is 1. The van der Waals surface area contributed by atoms with E-state index >= 15 is 0 Å². The molecule has 94 valence electrons. The Morgan fingerprint density at radius 3 is 2.82 bits per heavy atom. The SMILES string of the molecule is CCN(CC1CNCC1C)c1cccc(F)c1. The highest BCUT2D eigenvalue weighted by Crippen LogP contribution is 2.22. The third-order valence-electron chi connectivity index (χ3n) is 3.69. The maximum absolute atomic E-state index is 13.2. The minimum absolute atomic E-state index is 0.154. The molecule has 1 aliphatic heterocycles. The Balaban J connectivity index is 2.06. The molecule has 0 spiro atoms. The molecule has 1 saturated heterocycles. The van der Waals surface area contributed by atoms with Crippen LogP contribution in [0.1, 0.15) is 13.8 Å². The quantitative estimate of drug-likeness (QED) is 0.864. The molecule has 2 atom stereocenters. The highest BCUT2D eigenvalue weighted by atomic mass is 19.1. The smallest absolute Gasteiger partial charge is 0.125 e. The summed E-state index contributed by atoms with van der Waals surface area (Å²) in [6.07, 6.45) is 0. The molecule has 0 saturated carbocycles. The predicted octanol–water partition coefficient (Wildman–Crippen LogP) is 2.51. The Morgan fingerprint density at radius 1 is 1.41 bits per heavy atom. The van der Waals surface area contributed by atoms with Gasteiger partial charge >= 0.3 is 0 Å². The largest absolute Gasteiger partial charge is 0.371 e. The topological polar surface area (TPSA) is 15.3 Å². The van der Waals surface area contributed by atoms with Crippen molar-refractivity contribution in [2.24, 2.45) is 11.8 Å². The lowest BCUT2D eigenvalue weighted by Gasteiger charge is -2.28. The van der Waals surface area contributed by atoms with Gasteiger partial charge in [0.25, 0.3) is 0 Å².